The molecule has 0 saturated heterocycles. The molecule has 4 atom stereocenters. The average Bonchev–Trinajstić information content (AvgIpc) is 2.66. The van der Waals surface area contributed by atoms with Crippen molar-refractivity contribution in [1.29, 1.82) is 0 Å². The highest BCUT2D eigenvalue weighted by Gasteiger charge is 2.43. The zero-order valence-corrected chi connectivity index (χ0v) is 16.4. The third-order valence-corrected chi connectivity index (χ3v) is 6.70. The van der Waals surface area contributed by atoms with Gasteiger partial charge in [-0.1, -0.05) is 18.2 Å². The van der Waals surface area contributed by atoms with E-state index >= 15 is 0 Å². The second-order valence-corrected chi connectivity index (χ2v) is 8.29. The number of hydrogen-bond acceptors (Lipinski definition) is 0. The van der Waals surface area contributed by atoms with E-state index in [1.165, 1.54) is 12.1 Å². The standard InChI is InChI=1S/C24H22F6/c1-2-3-13-4-6-16-18(8-7-17-19(16)11-15(25)12-21(17)26)23(13)14-5-9-20(22(27)10-14)24(28,29)30/h2-3,5,9-13,16,18,23H,4,6-8H2,1H3/b3-2+/t13-,16-,18+,23-/m1/s1. The molecule has 160 valence electrons. The van der Waals surface area contributed by atoms with Gasteiger partial charge in [0.25, 0.3) is 0 Å². The molecule has 0 N–H and O–H groups in total. The molecule has 2 aromatic rings. The summed E-state index contributed by atoms with van der Waals surface area (Å²) in [6.45, 7) is 1.87. The Morgan fingerprint density at radius 2 is 1.70 bits per heavy atom. The molecule has 0 spiro atoms. The minimum Gasteiger partial charge on any atom is -0.207 e. The maximum absolute atomic E-state index is 14.3. The molecule has 0 heterocycles. The Balaban J connectivity index is 1.78. The van der Waals surface area contributed by atoms with E-state index in [4.69, 9.17) is 0 Å². The van der Waals surface area contributed by atoms with Crippen molar-refractivity contribution >= 4 is 0 Å². The third kappa shape index (κ3) is 3.65. The number of rotatable bonds is 2. The van der Waals surface area contributed by atoms with Crippen LogP contribution in [0.4, 0.5) is 26.3 Å². The van der Waals surface area contributed by atoms with Gasteiger partial charge in [-0.05, 0) is 91.2 Å². The van der Waals surface area contributed by atoms with Crippen LogP contribution >= 0.6 is 0 Å². The van der Waals surface area contributed by atoms with Crippen molar-refractivity contribution in [3.63, 3.8) is 0 Å². The first-order chi connectivity index (χ1) is 14.2. The predicted octanol–water partition coefficient (Wildman–Crippen LogP) is 7.54. The van der Waals surface area contributed by atoms with E-state index in [2.05, 4.69) is 0 Å². The molecule has 0 aromatic heterocycles. The van der Waals surface area contributed by atoms with Crippen LogP contribution in [0.1, 0.15) is 60.3 Å². The third-order valence-electron chi connectivity index (χ3n) is 6.70. The average molecular weight is 424 g/mol. The summed E-state index contributed by atoms with van der Waals surface area (Å²) in [5, 5.41) is 0. The van der Waals surface area contributed by atoms with E-state index in [-0.39, 0.29) is 23.7 Å². The van der Waals surface area contributed by atoms with Crippen LogP contribution in [-0.2, 0) is 12.6 Å². The van der Waals surface area contributed by atoms with Crippen LogP contribution in [0.25, 0.3) is 0 Å². The Morgan fingerprint density at radius 1 is 0.933 bits per heavy atom. The molecule has 6 heteroatoms. The number of allylic oxidation sites excluding steroid dienone is 2. The molecule has 0 amide bonds. The van der Waals surface area contributed by atoms with Gasteiger partial charge in [-0.3, -0.25) is 0 Å². The molecule has 0 bridgehead atoms. The molecule has 30 heavy (non-hydrogen) atoms. The lowest BCUT2D eigenvalue weighted by Crippen LogP contribution is -2.35. The van der Waals surface area contributed by atoms with Crippen molar-refractivity contribution in [2.24, 2.45) is 11.8 Å². The van der Waals surface area contributed by atoms with E-state index in [1.54, 1.807) is 0 Å². The molecule has 2 aliphatic rings. The summed E-state index contributed by atoms with van der Waals surface area (Å²) in [5.41, 5.74) is 0.414. The molecule has 0 aliphatic heterocycles. The summed E-state index contributed by atoms with van der Waals surface area (Å²) in [5.74, 6) is -2.76. The first kappa shape index (κ1) is 21.0. The monoisotopic (exact) mass is 424 g/mol. The van der Waals surface area contributed by atoms with Gasteiger partial charge < -0.3 is 0 Å². The Labute approximate surface area is 171 Å². The van der Waals surface area contributed by atoms with Gasteiger partial charge in [0, 0.05) is 6.07 Å². The van der Waals surface area contributed by atoms with E-state index < -0.39 is 29.2 Å². The molecule has 2 aliphatic carbocycles. The van der Waals surface area contributed by atoms with Crippen LogP contribution in [0, 0.1) is 29.3 Å². The SMILES string of the molecule is C/C=C/[C@@H]1CC[C@H]2c3cc(F)cc(F)c3CC[C@@H]2[C@H]1c1ccc(C(F)(F)F)c(F)c1. The minimum atomic E-state index is -4.75. The highest BCUT2D eigenvalue weighted by atomic mass is 19.4. The topological polar surface area (TPSA) is 0 Å². The van der Waals surface area contributed by atoms with Crippen molar-refractivity contribution in [2.45, 2.75) is 50.6 Å². The summed E-state index contributed by atoms with van der Waals surface area (Å²) in [4.78, 5) is 0. The van der Waals surface area contributed by atoms with E-state index in [9.17, 15) is 26.3 Å². The summed E-state index contributed by atoms with van der Waals surface area (Å²) in [7, 11) is 0. The number of fused-ring (bicyclic) bond motifs is 3. The lowest BCUT2D eigenvalue weighted by atomic mass is 9.58. The zero-order valence-electron chi connectivity index (χ0n) is 16.4. The van der Waals surface area contributed by atoms with Crippen LogP contribution < -0.4 is 0 Å². The van der Waals surface area contributed by atoms with Gasteiger partial charge in [0.15, 0.2) is 0 Å². The molecule has 0 radical (unpaired) electrons. The van der Waals surface area contributed by atoms with Gasteiger partial charge in [-0.2, -0.15) is 13.2 Å². The van der Waals surface area contributed by atoms with Gasteiger partial charge in [-0.15, -0.1) is 0 Å². The molecule has 1 fully saturated rings. The Hall–Kier alpha value is -2.24. The minimum absolute atomic E-state index is 0.0233. The Kier molecular flexibility index (Phi) is 5.45. The second-order valence-electron chi connectivity index (χ2n) is 8.29. The van der Waals surface area contributed by atoms with E-state index in [1.807, 2.05) is 19.1 Å². The summed E-state index contributed by atoms with van der Waals surface area (Å²) >= 11 is 0. The molecule has 0 unspecified atom stereocenters. The van der Waals surface area contributed by atoms with E-state index in [0.29, 0.717) is 29.5 Å². The number of hydrogen-bond donors (Lipinski definition) is 0. The largest absolute Gasteiger partial charge is 0.419 e. The molecular weight excluding hydrogens is 402 g/mol. The lowest BCUT2D eigenvalue weighted by molar-refractivity contribution is -0.140. The normalized spacial score (nSPS) is 26.5. The first-order valence-electron chi connectivity index (χ1n) is 10.2. The van der Waals surface area contributed by atoms with Gasteiger partial charge in [0.05, 0.1) is 5.56 Å². The number of alkyl halides is 3. The van der Waals surface area contributed by atoms with Crippen LogP contribution in [-0.4, -0.2) is 0 Å². The summed E-state index contributed by atoms with van der Waals surface area (Å²) in [6.07, 6.45) is 1.67. The molecule has 1 saturated carbocycles. The van der Waals surface area contributed by atoms with Crippen LogP contribution in [0.5, 0.6) is 0 Å². The van der Waals surface area contributed by atoms with E-state index in [0.717, 1.165) is 31.0 Å². The maximum atomic E-state index is 14.3. The van der Waals surface area contributed by atoms with Crippen LogP contribution in [0.2, 0.25) is 0 Å². The quantitative estimate of drug-likeness (QED) is 0.345. The number of benzene rings is 2. The van der Waals surface area contributed by atoms with Crippen molar-refractivity contribution in [1.82, 2.24) is 0 Å². The predicted molar refractivity (Wildman–Crippen MR) is 103 cm³/mol. The molecule has 2 aromatic carbocycles. The Morgan fingerprint density at radius 3 is 2.37 bits per heavy atom. The van der Waals surface area contributed by atoms with Crippen molar-refractivity contribution in [3.8, 4) is 0 Å². The zero-order chi connectivity index (χ0) is 21.6. The molecular formula is C24H22F6. The van der Waals surface area contributed by atoms with Gasteiger partial charge in [0.2, 0.25) is 0 Å². The van der Waals surface area contributed by atoms with Gasteiger partial charge >= 0.3 is 6.18 Å². The fraction of sp³-hybridized carbons (Fsp3) is 0.417. The molecule has 0 nitrogen and oxygen atoms in total. The van der Waals surface area contributed by atoms with Crippen molar-refractivity contribution in [3.05, 3.63) is 82.2 Å². The summed E-state index contributed by atoms with van der Waals surface area (Å²) in [6, 6.07) is 5.44. The lowest BCUT2D eigenvalue weighted by Gasteiger charge is -2.46. The van der Waals surface area contributed by atoms with Crippen molar-refractivity contribution < 1.29 is 26.3 Å². The highest BCUT2D eigenvalue weighted by Crippen LogP contribution is 2.54. The van der Waals surface area contributed by atoms with Crippen LogP contribution in [0.3, 0.4) is 0 Å². The van der Waals surface area contributed by atoms with Crippen LogP contribution in [0.15, 0.2) is 42.5 Å². The van der Waals surface area contributed by atoms with Gasteiger partial charge in [-0.25, -0.2) is 13.2 Å². The fourth-order valence-electron chi connectivity index (χ4n) is 5.56. The smallest absolute Gasteiger partial charge is 0.207 e. The highest BCUT2D eigenvalue weighted by molar-refractivity contribution is 5.39. The van der Waals surface area contributed by atoms with Gasteiger partial charge in [0.1, 0.15) is 17.5 Å². The fourth-order valence-corrected chi connectivity index (χ4v) is 5.56. The van der Waals surface area contributed by atoms with Crippen molar-refractivity contribution in [2.75, 3.05) is 0 Å². The number of halogens is 6. The maximum Gasteiger partial charge on any atom is 0.419 e. The summed E-state index contributed by atoms with van der Waals surface area (Å²) < 4.78 is 81.6. The second kappa shape index (κ2) is 7.78. The molecule has 4 rings (SSSR count). The first-order valence-corrected chi connectivity index (χ1v) is 10.2. The Bertz CT molecular complexity index is 974.